The van der Waals surface area contributed by atoms with Crippen LogP contribution in [0.5, 0.6) is 0 Å². The highest BCUT2D eigenvalue weighted by Gasteiger charge is 2.06. The molecule has 1 aromatic carbocycles. The second kappa shape index (κ2) is 5.10. The summed E-state index contributed by atoms with van der Waals surface area (Å²) in [6.45, 7) is 4.37. The molecule has 0 bridgehead atoms. The van der Waals surface area contributed by atoms with Gasteiger partial charge in [0.2, 0.25) is 0 Å². The minimum atomic E-state index is -0.345. The van der Waals surface area contributed by atoms with Gasteiger partial charge in [-0.1, -0.05) is 19.1 Å². The molecule has 1 aromatic heterocycles. The first-order valence-electron chi connectivity index (χ1n) is 5.86. The topological polar surface area (TPSA) is 58.0 Å². The Labute approximate surface area is 101 Å². The number of fused-ring (bicyclic) bond motifs is 1. The maximum absolute atomic E-state index is 9.51. The molecule has 0 amide bonds. The fourth-order valence-electron chi connectivity index (χ4n) is 1.61. The fourth-order valence-corrected chi connectivity index (χ4v) is 1.61. The lowest BCUT2D eigenvalue weighted by Gasteiger charge is -2.12. The van der Waals surface area contributed by atoms with Gasteiger partial charge in [-0.2, -0.15) is 0 Å². The van der Waals surface area contributed by atoms with Crippen molar-refractivity contribution in [2.75, 3.05) is 11.9 Å². The third kappa shape index (κ3) is 2.71. The van der Waals surface area contributed by atoms with Crippen LogP contribution in [0.25, 0.3) is 11.0 Å². The molecule has 4 heteroatoms. The van der Waals surface area contributed by atoms with Gasteiger partial charge in [-0.25, -0.2) is 9.97 Å². The Bertz CT molecular complexity index is 513. The lowest BCUT2D eigenvalue weighted by atomic mass is 10.2. The smallest absolute Gasteiger partial charge is 0.148 e. The largest absolute Gasteiger partial charge is 0.391 e. The van der Waals surface area contributed by atoms with Crippen molar-refractivity contribution < 1.29 is 5.11 Å². The number of para-hydroxylation sites is 2. The molecule has 1 heterocycles. The highest BCUT2D eigenvalue weighted by atomic mass is 16.3. The summed E-state index contributed by atoms with van der Waals surface area (Å²) in [6, 6.07) is 7.77. The number of aliphatic hydroxyl groups excluding tert-OH is 1. The van der Waals surface area contributed by atoms with E-state index >= 15 is 0 Å². The Kier molecular flexibility index (Phi) is 3.54. The van der Waals surface area contributed by atoms with Gasteiger partial charge in [-0.15, -0.1) is 0 Å². The van der Waals surface area contributed by atoms with Crippen LogP contribution >= 0.6 is 0 Å². The molecule has 1 atom stereocenters. The summed E-state index contributed by atoms with van der Waals surface area (Å²) in [7, 11) is 0. The molecule has 0 saturated heterocycles. The number of nitrogens with one attached hydrogen (secondary N) is 1. The summed E-state index contributed by atoms with van der Waals surface area (Å²) >= 11 is 0. The van der Waals surface area contributed by atoms with E-state index in [9.17, 15) is 5.11 Å². The van der Waals surface area contributed by atoms with E-state index < -0.39 is 0 Å². The van der Waals surface area contributed by atoms with Crippen molar-refractivity contribution >= 4 is 16.9 Å². The average molecular weight is 231 g/mol. The standard InChI is InChI=1S/C13H17N3O/c1-3-10(17)8-14-13-9(2)15-11-6-4-5-7-12(11)16-13/h4-7,10,17H,3,8H2,1-2H3,(H,14,16). The van der Waals surface area contributed by atoms with E-state index in [4.69, 9.17) is 0 Å². The maximum Gasteiger partial charge on any atom is 0.148 e. The van der Waals surface area contributed by atoms with Gasteiger partial charge in [0.25, 0.3) is 0 Å². The van der Waals surface area contributed by atoms with Crippen LogP contribution in [0, 0.1) is 6.92 Å². The number of aryl methyl sites for hydroxylation is 1. The van der Waals surface area contributed by atoms with Gasteiger partial charge < -0.3 is 10.4 Å². The van der Waals surface area contributed by atoms with Gasteiger partial charge in [0.15, 0.2) is 0 Å². The molecule has 2 N–H and O–H groups in total. The number of aliphatic hydroxyl groups is 1. The molecule has 0 fully saturated rings. The highest BCUT2D eigenvalue weighted by molar-refractivity contribution is 5.76. The van der Waals surface area contributed by atoms with E-state index in [1.807, 2.05) is 38.1 Å². The van der Waals surface area contributed by atoms with Crippen molar-refractivity contribution in [3.8, 4) is 0 Å². The Morgan fingerprint density at radius 1 is 1.24 bits per heavy atom. The van der Waals surface area contributed by atoms with Gasteiger partial charge in [-0.05, 0) is 25.5 Å². The molecule has 2 rings (SSSR count). The molecule has 2 aromatic rings. The molecule has 0 aliphatic heterocycles. The van der Waals surface area contributed by atoms with Crippen molar-refractivity contribution in [2.45, 2.75) is 26.4 Å². The van der Waals surface area contributed by atoms with E-state index in [1.54, 1.807) is 0 Å². The number of anilines is 1. The number of aromatic nitrogens is 2. The van der Waals surface area contributed by atoms with Gasteiger partial charge in [0, 0.05) is 6.54 Å². The SMILES string of the molecule is CCC(O)CNc1nc2ccccc2nc1C. The monoisotopic (exact) mass is 231 g/mol. The number of benzene rings is 1. The predicted molar refractivity (Wildman–Crippen MR) is 69.1 cm³/mol. The van der Waals surface area contributed by atoms with Crippen molar-refractivity contribution in [3.63, 3.8) is 0 Å². The first kappa shape index (κ1) is 11.8. The average Bonchev–Trinajstić information content (AvgIpc) is 2.35. The van der Waals surface area contributed by atoms with Gasteiger partial charge >= 0.3 is 0 Å². The summed E-state index contributed by atoms with van der Waals surface area (Å²) in [5, 5.41) is 12.6. The van der Waals surface area contributed by atoms with Crippen molar-refractivity contribution in [1.82, 2.24) is 9.97 Å². The number of rotatable bonds is 4. The molecular weight excluding hydrogens is 214 g/mol. The van der Waals surface area contributed by atoms with Crippen LogP contribution in [0.15, 0.2) is 24.3 Å². The second-order valence-corrected chi connectivity index (χ2v) is 4.09. The minimum Gasteiger partial charge on any atom is -0.391 e. The Morgan fingerprint density at radius 3 is 2.53 bits per heavy atom. The number of hydrogen-bond acceptors (Lipinski definition) is 4. The zero-order valence-corrected chi connectivity index (χ0v) is 10.1. The molecule has 90 valence electrons. The molecule has 4 nitrogen and oxygen atoms in total. The lowest BCUT2D eigenvalue weighted by molar-refractivity contribution is 0.183. The van der Waals surface area contributed by atoms with Crippen LogP contribution in [-0.4, -0.2) is 27.7 Å². The lowest BCUT2D eigenvalue weighted by Crippen LogP contribution is -2.19. The summed E-state index contributed by atoms with van der Waals surface area (Å²) in [5.74, 6) is 0.746. The van der Waals surface area contributed by atoms with Gasteiger partial charge in [0.1, 0.15) is 5.82 Å². The summed E-state index contributed by atoms with van der Waals surface area (Å²) in [5.41, 5.74) is 2.62. The first-order chi connectivity index (χ1) is 8.20. The van der Waals surface area contributed by atoms with E-state index in [0.29, 0.717) is 6.54 Å². The molecular formula is C13H17N3O. The normalized spacial score (nSPS) is 12.6. The molecule has 0 aliphatic carbocycles. The third-order valence-corrected chi connectivity index (χ3v) is 2.72. The summed E-state index contributed by atoms with van der Waals surface area (Å²) in [4.78, 5) is 8.97. The Morgan fingerprint density at radius 2 is 1.88 bits per heavy atom. The minimum absolute atomic E-state index is 0.345. The van der Waals surface area contributed by atoms with Crippen LogP contribution in [-0.2, 0) is 0 Å². The van der Waals surface area contributed by atoms with Gasteiger partial charge in [-0.3, -0.25) is 0 Å². The third-order valence-electron chi connectivity index (χ3n) is 2.72. The van der Waals surface area contributed by atoms with Crippen LogP contribution in [0.4, 0.5) is 5.82 Å². The van der Waals surface area contributed by atoms with Crippen molar-refractivity contribution in [1.29, 1.82) is 0 Å². The Balaban J connectivity index is 2.25. The van der Waals surface area contributed by atoms with E-state index in [1.165, 1.54) is 0 Å². The van der Waals surface area contributed by atoms with Crippen molar-refractivity contribution in [3.05, 3.63) is 30.0 Å². The summed E-state index contributed by atoms with van der Waals surface area (Å²) in [6.07, 6.45) is 0.384. The fraction of sp³-hybridized carbons (Fsp3) is 0.385. The molecule has 1 unspecified atom stereocenters. The number of nitrogens with zero attached hydrogens (tertiary/aromatic N) is 2. The van der Waals surface area contributed by atoms with Crippen LogP contribution in [0.2, 0.25) is 0 Å². The van der Waals surface area contributed by atoms with Crippen molar-refractivity contribution in [2.24, 2.45) is 0 Å². The van der Waals surface area contributed by atoms with E-state index in [0.717, 1.165) is 29.0 Å². The molecule has 17 heavy (non-hydrogen) atoms. The molecule has 0 spiro atoms. The van der Waals surface area contributed by atoms with Crippen LogP contribution in [0.3, 0.4) is 0 Å². The van der Waals surface area contributed by atoms with E-state index in [2.05, 4.69) is 15.3 Å². The summed E-state index contributed by atoms with van der Waals surface area (Å²) < 4.78 is 0. The van der Waals surface area contributed by atoms with Crippen LogP contribution < -0.4 is 5.32 Å². The zero-order valence-electron chi connectivity index (χ0n) is 10.1. The van der Waals surface area contributed by atoms with E-state index in [-0.39, 0.29) is 6.10 Å². The zero-order chi connectivity index (χ0) is 12.3. The molecule has 0 saturated carbocycles. The van der Waals surface area contributed by atoms with Gasteiger partial charge in [0.05, 0.1) is 22.8 Å². The Hall–Kier alpha value is -1.68. The highest BCUT2D eigenvalue weighted by Crippen LogP contribution is 2.15. The number of hydrogen-bond donors (Lipinski definition) is 2. The maximum atomic E-state index is 9.51. The predicted octanol–water partition coefficient (Wildman–Crippen LogP) is 2.12. The molecule has 0 aliphatic rings. The quantitative estimate of drug-likeness (QED) is 0.846. The molecule has 0 radical (unpaired) electrons. The first-order valence-corrected chi connectivity index (χ1v) is 5.86. The van der Waals surface area contributed by atoms with Crippen LogP contribution in [0.1, 0.15) is 19.0 Å². The second-order valence-electron chi connectivity index (χ2n) is 4.09.